The molecule has 2 aliphatic rings. The molecule has 214 valence electrons. The lowest BCUT2D eigenvalue weighted by atomic mass is 9.86. The molecule has 8 nitrogen and oxygen atoms in total. The zero-order valence-electron chi connectivity index (χ0n) is 23.9. The smallest absolute Gasteiger partial charge is 0.243 e. The second-order valence-electron chi connectivity index (χ2n) is 12.1. The Morgan fingerprint density at radius 1 is 1.10 bits per heavy atom. The first kappa shape index (κ1) is 27.4. The van der Waals surface area contributed by atoms with E-state index in [2.05, 4.69) is 75.0 Å². The average Bonchev–Trinajstić information content (AvgIpc) is 3.59. The Balaban J connectivity index is 1.17. The second-order valence-corrected chi connectivity index (χ2v) is 13.1. The van der Waals surface area contributed by atoms with Gasteiger partial charge in [-0.25, -0.2) is 14.4 Å². The molecule has 4 heterocycles. The number of anilines is 2. The van der Waals surface area contributed by atoms with E-state index < -0.39 is 5.60 Å². The van der Waals surface area contributed by atoms with E-state index in [4.69, 9.17) is 4.74 Å². The van der Waals surface area contributed by atoms with Gasteiger partial charge in [0.25, 0.3) is 0 Å². The molecule has 1 fully saturated rings. The number of H-pyrrole nitrogens is 1. The number of para-hydroxylation sites is 1. The highest BCUT2D eigenvalue weighted by Gasteiger charge is 2.41. The van der Waals surface area contributed by atoms with E-state index in [0.29, 0.717) is 36.1 Å². The summed E-state index contributed by atoms with van der Waals surface area (Å²) in [6.07, 6.45) is 3.86. The number of fused-ring (bicyclic) bond motifs is 1. The molecule has 0 radical (unpaired) electrons. The maximum absolute atomic E-state index is 15.2. The Hall–Kier alpha value is -3.79. The monoisotopic (exact) mass is 574 g/mol. The standard InChI is InChI=1S/C31H35FN6O2S/c1-20-34-28(36-35-20)26(39)25-18-33-29(41-25)37-15-12-31(13-16-37)14-17-38(24-7-5-6-23(32)27(24)40-31)19-21-8-10-22(11-9-21)30(2,3)4/h5-11,18H,12-17,19H2,1-4H3,(H,34,35,36). The van der Waals surface area contributed by atoms with Crippen LogP contribution in [-0.4, -0.2) is 51.2 Å². The van der Waals surface area contributed by atoms with Gasteiger partial charge >= 0.3 is 0 Å². The van der Waals surface area contributed by atoms with Crippen LogP contribution in [0, 0.1) is 12.7 Å². The molecule has 0 aliphatic carbocycles. The number of nitrogens with one attached hydrogen (secondary N) is 1. The molecule has 4 aromatic rings. The van der Waals surface area contributed by atoms with Crippen LogP contribution in [-0.2, 0) is 12.0 Å². The van der Waals surface area contributed by atoms with Gasteiger partial charge in [0.05, 0.1) is 11.9 Å². The first-order chi connectivity index (χ1) is 19.6. The molecule has 2 aromatic carbocycles. The van der Waals surface area contributed by atoms with Gasteiger partial charge in [0.2, 0.25) is 11.6 Å². The number of carbonyl (C=O) groups excluding carboxylic acids is 1. The van der Waals surface area contributed by atoms with Gasteiger partial charge in [0.15, 0.2) is 16.7 Å². The number of nitrogens with zero attached hydrogens (tertiary/aromatic N) is 5. The van der Waals surface area contributed by atoms with Gasteiger partial charge in [-0.15, -0.1) is 5.10 Å². The van der Waals surface area contributed by atoms with Crippen LogP contribution >= 0.6 is 11.3 Å². The van der Waals surface area contributed by atoms with E-state index >= 15 is 4.39 Å². The number of rotatable bonds is 5. The number of aromatic nitrogens is 4. The molecule has 0 saturated carbocycles. The van der Waals surface area contributed by atoms with Crippen LogP contribution in [0.15, 0.2) is 48.7 Å². The molecule has 0 bridgehead atoms. The summed E-state index contributed by atoms with van der Waals surface area (Å²) < 4.78 is 21.8. The minimum atomic E-state index is -0.468. The van der Waals surface area contributed by atoms with Crippen LogP contribution in [0.5, 0.6) is 5.75 Å². The van der Waals surface area contributed by atoms with Crippen LogP contribution in [0.25, 0.3) is 0 Å². The lowest BCUT2D eigenvalue weighted by molar-refractivity contribution is 0.0375. The molecular weight excluding hydrogens is 539 g/mol. The van der Waals surface area contributed by atoms with Crippen molar-refractivity contribution in [2.24, 2.45) is 0 Å². The third kappa shape index (κ3) is 5.57. The largest absolute Gasteiger partial charge is 0.482 e. The molecule has 0 unspecified atom stereocenters. The minimum absolute atomic E-state index is 0.0948. The van der Waals surface area contributed by atoms with Crippen molar-refractivity contribution < 1.29 is 13.9 Å². The van der Waals surface area contributed by atoms with Crippen molar-refractivity contribution >= 4 is 27.9 Å². The molecule has 1 N–H and O–H groups in total. The Morgan fingerprint density at radius 2 is 1.83 bits per heavy atom. The number of ether oxygens (including phenoxy) is 1. The summed E-state index contributed by atoms with van der Waals surface area (Å²) >= 11 is 1.35. The highest BCUT2D eigenvalue weighted by atomic mass is 32.1. The zero-order chi connectivity index (χ0) is 28.8. The maximum atomic E-state index is 15.2. The predicted octanol–water partition coefficient (Wildman–Crippen LogP) is 6.07. The van der Waals surface area contributed by atoms with Crippen LogP contribution < -0.4 is 14.5 Å². The van der Waals surface area contributed by atoms with Crippen molar-refractivity contribution in [2.75, 3.05) is 29.4 Å². The van der Waals surface area contributed by atoms with E-state index in [9.17, 15) is 4.79 Å². The normalized spacial score (nSPS) is 16.8. The summed E-state index contributed by atoms with van der Waals surface area (Å²) in [5, 5.41) is 7.48. The van der Waals surface area contributed by atoms with Gasteiger partial charge in [-0.1, -0.05) is 62.4 Å². The summed E-state index contributed by atoms with van der Waals surface area (Å²) in [6, 6.07) is 13.9. The lowest BCUT2D eigenvalue weighted by Crippen LogP contribution is -2.48. The van der Waals surface area contributed by atoms with Gasteiger partial charge in [0, 0.05) is 45.4 Å². The Kier molecular flexibility index (Phi) is 7.05. The fourth-order valence-corrected chi connectivity index (χ4v) is 6.50. The second kappa shape index (κ2) is 10.6. The van der Waals surface area contributed by atoms with Crippen LogP contribution in [0.4, 0.5) is 15.2 Å². The number of thiazole rings is 1. The predicted molar refractivity (Wildman–Crippen MR) is 159 cm³/mol. The van der Waals surface area contributed by atoms with Crippen molar-refractivity contribution in [2.45, 2.75) is 64.5 Å². The summed E-state index contributed by atoms with van der Waals surface area (Å²) in [6.45, 7) is 11.3. The topological polar surface area (TPSA) is 87.2 Å². The Morgan fingerprint density at radius 3 is 2.51 bits per heavy atom. The van der Waals surface area contributed by atoms with Gasteiger partial charge in [-0.3, -0.25) is 9.89 Å². The van der Waals surface area contributed by atoms with Gasteiger partial charge < -0.3 is 14.5 Å². The number of piperidine rings is 1. The number of hydrogen-bond donors (Lipinski definition) is 1. The minimum Gasteiger partial charge on any atom is -0.482 e. The Labute approximate surface area is 243 Å². The van der Waals surface area contributed by atoms with E-state index in [0.717, 1.165) is 36.6 Å². The van der Waals surface area contributed by atoms with Gasteiger partial charge in [0.1, 0.15) is 16.3 Å². The molecule has 10 heteroatoms. The third-order valence-corrected chi connectivity index (χ3v) is 9.16. The molecule has 41 heavy (non-hydrogen) atoms. The van der Waals surface area contributed by atoms with Crippen molar-refractivity contribution in [3.8, 4) is 5.75 Å². The number of benzene rings is 2. The van der Waals surface area contributed by atoms with Crippen LogP contribution in [0.1, 0.15) is 72.5 Å². The van der Waals surface area contributed by atoms with E-state index in [1.165, 1.54) is 28.5 Å². The van der Waals surface area contributed by atoms with Crippen molar-refractivity contribution in [1.82, 2.24) is 20.2 Å². The van der Waals surface area contributed by atoms with Crippen LogP contribution in [0.3, 0.4) is 0 Å². The molecule has 0 atom stereocenters. The molecular formula is C31H35FN6O2S. The number of ketones is 1. The quantitative estimate of drug-likeness (QED) is 0.290. The maximum Gasteiger partial charge on any atom is 0.243 e. The molecule has 1 spiro atoms. The fraction of sp³-hybridized carbons (Fsp3) is 0.419. The third-order valence-electron chi connectivity index (χ3n) is 8.10. The number of carbonyl (C=O) groups is 1. The van der Waals surface area contributed by atoms with Crippen LogP contribution in [0.2, 0.25) is 0 Å². The van der Waals surface area contributed by atoms with Gasteiger partial charge in [-0.05, 0) is 35.6 Å². The van der Waals surface area contributed by atoms with Crippen molar-refractivity contribution in [1.29, 1.82) is 0 Å². The first-order valence-electron chi connectivity index (χ1n) is 14.1. The molecule has 2 aliphatic heterocycles. The van der Waals surface area contributed by atoms with E-state index in [1.807, 2.05) is 6.07 Å². The first-order valence-corrected chi connectivity index (χ1v) is 14.9. The summed E-state index contributed by atoms with van der Waals surface area (Å²) in [5.41, 5.74) is 2.91. The number of aryl methyl sites for hydroxylation is 1. The van der Waals surface area contributed by atoms with Crippen molar-refractivity contribution in [3.05, 3.63) is 82.1 Å². The zero-order valence-corrected chi connectivity index (χ0v) is 24.7. The average molecular weight is 575 g/mol. The van der Waals surface area contributed by atoms with E-state index in [-0.39, 0.29) is 22.8 Å². The highest BCUT2D eigenvalue weighted by Crippen LogP contribution is 2.43. The molecule has 6 rings (SSSR count). The summed E-state index contributed by atoms with van der Waals surface area (Å²) in [7, 11) is 0. The number of aromatic amines is 1. The summed E-state index contributed by atoms with van der Waals surface area (Å²) in [5.74, 6) is 0.521. The molecule has 2 aromatic heterocycles. The lowest BCUT2D eigenvalue weighted by Gasteiger charge is -2.41. The molecule has 1 saturated heterocycles. The Bertz CT molecular complexity index is 1550. The number of halogens is 1. The highest BCUT2D eigenvalue weighted by molar-refractivity contribution is 7.17. The fourth-order valence-electron chi connectivity index (χ4n) is 5.60. The summed E-state index contributed by atoms with van der Waals surface area (Å²) in [4.78, 5) is 26.4. The van der Waals surface area contributed by atoms with Gasteiger partial charge in [-0.2, -0.15) is 0 Å². The van der Waals surface area contributed by atoms with Crippen molar-refractivity contribution in [3.63, 3.8) is 0 Å². The molecule has 0 amide bonds. The van der Waals surface area contributed by atoms with E-state index in [1.54, 1.807) is 19.2 Å². The number of hydrogen-bond acceptors (Lipinski definition) is 8. The SMILES string of the molecule is Cc1nc(C(=O)c2cnc(N3CCC4(CC3)CCN(Cc3ccc(C(C)(C)C)cc3)c3cccc(F)c3O4)s2)n[nH]1.